The van der Waals surface area contributed by atoms with Gasteiger partial charge in [-0.15, -0.1) is 0 Å². The van der Waals surface area contributed by atoms with Crippen molar-refractivity contribution in [2.24, 2.45) is 0 Å². The van der Waals surface area contributed by atoms with Crippen LogP contribution in [0.15, 0.2) is 42.7 Å². The second-order valence-electron chi connectivity index (χ2n) is 6.81. The molecule has 0 aliphatic rings. The molecule has 4 rings (SSSR count). The van der Waals surface area contributed by atoms with Crippen LogP contribution in [0.4, 0.5) is 0 Å². The number of hydrogen-bond donors (Lipinski definition) is 0. The fourth-order valence-electron chi connectivity index (χ4n) is 4.04. The average molecular weight is 302 g/mol. The lowest BCUT2D eigenvalue weighted by Gasteiger charge is -2.12. The van der Waals surface area contributed by atoms with E-state index in [0.717, 1.165) is 0 Å². The first-order valence-corrected chi connectivity index (χ1v) is 8.13. The molecule has 0 aliphatic heterocycles. The van der Waals surface area contributed by atoms with Gasteiger partial charge in [0.1, 0.15) is 5.65 Å². The van der Waals surface area contributed by atoms with Gasteiger partial charge < -0.3 is 8.97 Å². The van der Waals surface area contributed by atoms with Crippen molar-refractivity contribution in [3.05, 3.63) is 70.5 Å². The third-order valence-electron chi connectivity index (χ3n) is 4.73. The summed E-state index contributed by atoms with van der Waals surface area (Å²) in [5.74, 6) is 0. The van der Waals surface area contributed by atoms with Gasteiger partial charge in [-0.1, -0.05) is 29.3 Å². The molecule has 116 valence electrons. The van der Waals surface area contributed by atoms with E-state index < -0.39 is 0 Å². The van der Waals surface area contributed by atoms with Crippen LogP contribution < -0.4 is 0 Å². The molecule has 0 atom stereocenters. The van der Waals surface area contributed by atoms with E-state index in [1.165, 1.54) is 50.1 Å². The largest absolute Gasteiger partial charge is 0.301 e. The fourth-order valence-corrected chi connectivity index (χ4v) is 4.04. The van der Waals surface area contributed by atoms with E-state index in [0.29, 0.717) is 0 Å². The lowest BCUT2D eigenvalue weighted by molar-refractivity contribution is 1.06. The molecule has 0 fully saturated rings. The van der Waals surface area contributed by atoms with Gasteiger partial charge in [0.25, 0.3) is 0 Å². The molecule has 23 heavy (non-hydrogen) atoms. The summed E-state index contributed by atoms with van der Waals surface area (Å²) in [5.41, 5.74) is 10.4. The number of hydrogen-bond acceptors (Lipinski definition) is 0. The van der Waals surface area contributed by atoms with Gasteiger partial charge in [-0.25, -0.2) is 0 Å². The molecular weight excluding hydrogens is 280 g/mol. The van der Waals surface area contributed by atoms with Crippen LogP contribution in [0.25, 0.3) is 22.2 Å². The summed E-state index contributed by atoms with van der Waals surface area (Å²) in [7, 11) is 0. The molecule has 0 unspecified atom stereocenters. The molecule has 2 heterocycles. The first kappa shape index (κ1) is 14.1. The Hall–Kier alpha value is -2.48. The van der Waals surface area contributed by atoms with Crippen LogP contribution in [0.5, 0.6) is 0 Å². The van der Waals surface area contributed by atoms with Crippen molar-refractivity contribution >= 4 is 16.6 Å². The highest BCUT2D eigenvalue weighted by molar-refractivity contribution is 5.90. The zero-order valence-electron chi connectivity index (χ0n) is 14.4. The van der Waals surface area contributed by atoms with Gasteiger partial charge >= 0.3 is 0 Å². The number of aromatic nitrogens is 2. The van der Waals surface area contributed by atoms with Crippen molar-refractivity contribution in [2.75, 3.05) is 0 Å². The highest BCUT2D eigenvalue weighted by Gasteiger charge is 2.13. The molecule has 0 aliphatic carbocycles. The minimum atomic E-state index is 1.23. The highest BCUT2D eigenvalue weighted by Crippen LogP contribution is 2.29. The smallest absolute Gasteiger partial charge is 0.122 e. The van der Waals surface area contributed by atoms with E-state index in [1.807, 2.05) is 0 Å². The maximum absolute atomic E-state index is 2.32. The highest BCUT2D eigenvalue weighted by atomic mass is 15.1. The number of benzene rings is 2. The summed E-state index contributed by atoms with van der Waals surface area (Å²) >= 11 is 0. The van der Waals surface area contributed by atoms with Gasteiger partial charge in [0.2, 0.25) is 0 Å². The number of imidazole rings is 1. The number of nitrogens with zero attached hydrogens (tertiary/aromatic N) is 2. The number of fused-ring (bicyclic) bond motifs is 3. The molecule has 0 spiro atoms. The van der Waals surface area contributed by atoms with E-state index in [4.69, 9.17) is 0 Å². The van der Waals surface area contributed by atoms with Crippen molar-refractivity contribution in [1.82, 2.24) is 8.97 Å². The number of rotatable bonds is 1. The molecule has 4 aromatic rings. The molecule has 2 heteroatoms. The molecule has 0 bridgehead atoms. The maximum atomic E-state index is 2.32. The summed E-state index contributed by atoms with van der Waals surface area (Å²) in [4.78, 5) is 0. The van der Waals surface area contributed by atoms with Crippen LogP contribution in [0.1, 0.15) is 27.8 Å². The van der Waals surface area contributed by atoms with Gasteiger partial charge in [0.15, 0.2) is 0 Å². The van der Waals surface area contributed by atoms with Crippen molar-refractivity contribution in [2.45, 2.75) is 34.6 Å². The minimum absolute atomic E-state index is 1.23. The quantitative estimate of drug-likeness (QED) is 0.444. The maximum Gasteiger partial charge on any atom is 0.122 e. The van der Waals surface area contributed by atoms with Gasteiger partial charge in [-0.2, -0.15) is 0 Å². The zero-order chi connectivity index (χ0) is 16.3. The predicted octanol–water partition coefficient (Wildman–Crippen LogP) is 5.43. The standard InChI is InChI=1S/C21H22N2/c1-13-8-15(3)20(16(4)9-13)22-6-7-23-19(22)12-18-11-14(2)10-17(5)21(18)23/h6-12H,1-5H3. The summed E-state index contributed by atoms with van der Waals surface area (Å²) in [5, 5.41) is 1.31. The Morgan fingerprint density at radius 3 is 1.96 bits per heavy atom. The lowest BCUT2D eigenvalue weighted by atomic mass is 10.0. The zero-order valence-corrected chi connectivity index (χ0v) is 14.4. The van der Waals surface area contributed by atoms with Crippen LogP contribution in [-0.4, -0.2) is 8.97 Å². The van der Waals surface area contributed by atoms with E-state index in [-0.39, 0.29) is 0 Å². The third kappa shape index (κ3) is 2.02. The Morgan fingerprint density at radius 1 is 0.652 bits per heavy atom. The molecule has 2 aromatic heterocycles. The normalized spacial score (nSPS) is 11.7. The molecule has 0 N–H and O–H groups in total. The Balaban J connectivity index is 2.09. The second-order valence-corrected chi connectivity index (χ2v) is 6.81. The SMILES string of the molecule is Cc1cc(C)c(-n2ccn3c4c(C)cc(C)cc4cc23)c(C)c1. The molecule has 0 radical (unpaired) electrons. The third-order valence-corrected chi connectivity index (χ3v) is 4.73. The molecule has 0 saturated carbocycles. The van der Waals surface area contributed by atoms with Gasteiger partial charge in [0.05, 0.1) is 11.2 Å². The van der Waals surface area contributed by atoms with Crippen LogP contribution >= 0.6 is 0 Å². The van der Waals surface area contributed by atoms with Crippen LogP contribution in [-0.2, 0) is 0 Å². The monoisotopic (exact) mass is 302 g/mol. The van der Waals surface area contributed by atoms with Crippen molar-refractivity contribution < 1.29 is 0 Å². The lowest BCUT2D eigenvalue weighted by Crippen LogP contribution is -1.99. The Labute approximate surface area is 137 Å². The summed E-state index contributed by atoms with van der Waals surface area (Å²) in [6.07, 6.45) is 4.36. The average Bonchev–Trinajstić information content (AvgIpc) is 2.96. The van der Waals surface area contributed by atoms with E-state index in [9.17, 15) is 0 Å². The second kappa shape index (κ2) is 4.76. The van der Waals surface area contributed by atoms with E-state index >= 15 is 0 Å². The summed E-state index contributed by atoms with van der Waals surface area (Å²) in [6, 6.07) is 11.4. The first-order valence-electron chi connectivity index (χ1n) is 8.13. The minimum Gasteiger partial charge on any atom is -0.301 e. The van der Waals surface area contributed by atoms with E-state index in [1.54, 1.807) is 0 Å². The number of aryl methyl sites for hydroxylation is 5. The van der Waals surface area contributed by atoms with Gasteiger partial charge in [0, 0.05) is 17.8 Å². The van der Waals surface area contributed by atoms with Crippen LogP contribution in [0.3, 0.4) is 0 Å². The molecular formula is C21H22N2. The van der Waals surface area contributed by atoms with Crippen molar-refractivity contribution in [3.8, 4) is 5.69 Å². The molecule has 2 nitrogen and oxygen atoms in total. The van der Waals surface area contributed by atoms with Crippen LogP contribution in [0.2, 0.25) is 0 Å². The Bertz CT molecular complexity index is 1040. The van der Waals surface area contributed by atoms with Crippen LogP contribution in [0, 0.1) is 34.6 Å². The van der Waals surface area contributed by atoms with E-state index in [2.05, 4.69) is 86.3 Å². The van der Waals surface area contributed by atoms with Crippen molar-refractivity contribution in [3.63, 3.8) is 0 Å². The van der Waals surface area contributed by atoms with Gasteiger partial charge in [-0.05, 0) is 63.4 Å². The topological polar surface area (TPSA) is 9.34 Å². The summed E-state index contributed by atoms with van der Waals surface area (Å²) in [6.45, 7) is 10.9. The van der Waals surface area contributed by atoms with Gasteiger partial charge in [-0.3, -0.25) is 0 Å². The molecule has 0 saturated heterocycles. The molecule has 0 amide bonds. The Morgan fingerprint density at radius 2 is 1.26 bits per heavy atom. The Kier molecular flexibility index (Phi) is 2.92. The first-order chi connectivity index (χ1) is 11.0. The predicted molar refractivity (Wildman–Crippen MR) is 97.9 cm³/mol. The summed E-state index contributed by atoms with van der Waals surface area (Å²) < 4.78 is 4.63. The molecule has 2 aromatic carbocycles. The fraction of sp³-hybridized carbons (Fsp3) is 0.238. The van der Waals surface area contributed by atoms with Crippen molar-refractivity contribution in [1.29, 1.82) is 0 Å².